The average Bonchev–Trinajstić information content (AvgIpc) is 3.16. The molecule has 0 unspecified atom stereocenters. The largest absolute Gasteiger partial charge is 0.477 e. The molecule has 0 bridgehead atoms. The predicted octanol–water partition coefficient (Wildman–Crippen LogP) is 2.63. The molecule has 1 aromatic heterocycles. The Morgan fingerprint density at radius 2 is 2.12 bits per heavy atom. The van der Waals surface area contributed by atoms with E-state index in [-0.39, 0.29) is 11.9 Å². The molecule has 2 heterocycles. The summed E-state index contributed by atoms with van der Waals surface area (Å²) in [5.74, 6) is 0.609. The molecule has 0 saturated carbocycles. The third-order valence-electron chi connectivity index (χ3n) is 4.68. The summed E-state index contributed by atoms with van der Waals surface area (Å²) in [6.45, 7) is 4.28. The van der Waals surface area contributed by atoms with Crippen LogP contribution in [0, 0.1) is 0 Å². The maximum atomic E-state index is 13.1. The minimum absolute atomic E-state index is 0.0345. The highest BCUT2D eigenvalue weighted by atomic mass is 35.5. The van der Waals surface area contributed by atoms with E-state index in [0.29, 0.717) is 23.6 Å². The van der Waals surface area contributed by atoms with E-state index in [4.69, 9.17) is 16.3 Å². The highest BCUT2D eigenvalue weighted by Crippen LogP contribution is 2.28. The fourth-order valence-corrected chi connectivity index (χ4v) is 3.25. The molecule has 1 aromatic carbocycles. The summed E-state index contributed by atoms with van der Waals surface area (Å²) in [5.41, 5.74) is -0.848. The van der Waals surface area contributed by atoms with Crippen LogP contribution in [0.15, 0.2) is 42.7 Å². The highest BCUT2D eigenvalue weighted by molar-refractivity contribution is 6.30. The number of piperidine rings is 1. The maximum Gasteiger partial charge on any atom is 0.264 e. The zero-order valence-corrected chi connectivity index (χ0v) is 15.7. The van der Waals surface area contributed by atoms with Crippen molar-refractivity contribution in [2.45, 2.75) is 44.4 Å². The summed E-state index contributed by atoms with van der Waals surface area (Å²) in [6.07, 6.45) is 5.75. The zero-order chi connectivity index (χ0) is 18.4. The second-order valence-electron chi connectivity index (χ2n) is 6.73. The molecule has 2 N–H and O–H groups in total. The molecule has 1 amide bonds. The molecule has 3 rings (SSSR count). The fourth-order valence-electron chi connectivity index (χ4n) is 3.12. The molecule has 1 aliphatic heterocycles. The molecule has 0 aliphatic carbocycles. The number of rotatable bonds is 7. The van der Waals surface area contributed by atoms with E-state index in [0.717, 1.165) is 26.1 Å². The summed E-state index contributed by atoms with van der Waals surface area (Å²) < 4.78 is 8.05. The van der Waals surface area contributed by atoms with Crippen LogP contribution < -0.4 is 15.4 Å². The Bertz CT molecular complexity index is 697. The number of nitrogens with zero attached hydrogens (tertiary/aromatic N) is 2. The first-order valence-electron chi connectivity index (χ1n) is 9.01. The molecule has 26 heavy (non-hydrogen) atoms. The molecule has 7 heteroatoms. The molecule has 1 aliphatic rings. The second kappa shape index (κ2) is 8.56. The van der Waals surface area contributed by atoms with Gasteiger partial charge in [-0.05, 0) is 56.8 Å². The van der Waals surface area contributed by atoms with Crippen LogP contribution in [0.1, 0.15) is 26.2 Å². The molecular formula is C19H25ClN4O2. The quantitative estimate of drug-likeness (QED) is 0.779. The van der Waals surface area contributed by atoms with Crippen molar-refractivity contribution in [1.29, 1.82) is 0 Å². The number of benzene rings is 1. The molecule has 0 radical (unpaired) electrons. The SMILES string of the molecule is C[C@@H](CCn1cccn1)NC(=O)C1(Oc2ccc(Cl)cc2)CCNCC1. The van der Waals surface area contributed by atoms with Gasteiger partial charge in [-0.2, -0.15) is 5.10 Å². The van der Waals surface area contributed by atoms with Crippen LogP contribution in [0.25, 0.3) is 0 Å². The van der Waals surface area contributed by atoms with E-state index in [9.17, 15) is 4.79 Å². The number of halogens is 1. The van der Waals surface area contributed by atoms with Crippen molar-refractivity contribution in [3.63, 3.8) is 0 Å². The van der Waals surface area contributed by atoms with Crippen molar-refractivity contribution in [3.8, 4) is 5.75 Å². The minimum Gasteiger partial charge on any atom is -0.477 e. The van der Waals surface area contributed by atoms with Gasteiger partial charge in [0.25, 0.3) is 5.91 Å². The van der Waals surface area contributed by atoms with Gasteiger partial charge in [-0.3, -0.25) is 9.48 Å². The van der Waals surface area contributed by atoms with Crippen LogP contribution in [0.4, 0.5) is 0 Å². The normalized spacial score (nSPS) is 17.5. The van der Waals surface area contributed by atoms with Gasteiger partial charge in [-0.15, -0.1) is 0 Å². The van der Waals surface area contributed by atoms with E-state index in [1.54, 1.807) is 30.5 Å². The van der Waals surface area contributed by atoms with Crippen LogP contribution in [0.2, 0.25) is 5.02 Å². The molecule has 140 valence electrons. The van der Waals surface area contributed by atoms with Gasteiger partial charge >= 0.3 is 0 Å². The Kier molecular flexibility index (Phi) is 6.16. The van der Waals surface area contributed by atoms with Crippen molar-refractivity contribution in [2.24, 2.45) is 0 Å². The molecule has 6 nitrogen and oxygen atoms in total. The molecule has 1 saturated heterocycles. The first-order valence-corrected chi connectivity index (χ1v) is 9.39. The first-order chi connectivity index (χ1) is 12.6. The third kappa shape index (κ3) is 4.77. The van der Waals surface area contributed by atoms with Gasteiger partial charge in [0.1, 0.15) is 5.75 Å². The molecule has 1 atom stereocenters. The zero-order valence-electron chi connectivity index (χ0n) is 15.0. The van der Waals surface area contributed by atoms with Crippen molar-refractivity contribution in [3.05, 3.63) is 47.7 Å². The van der Waals surface area contributed by atoms with Crippen LogP contribution >= 0.6 is 11.6 Å². The highest BCUT2D eigenvalue weighted by Gasteiger charge is 2.42. The summed E-state index contributed by atoms with van der Waals surface area (Å²) >= 11 is 5.95. The van der Waals surface area contributed by atoms with Gasteiger partial charge in [0, 0.05) is 42.8 Å². The minimum atomic E-state index is -0.848. The van der Waals surface area contributed by atoms with E-state index < -0.39 is 5.60 Å². The Balaban J connectivity index is 1.63. The predicted molar refractivity (Wildman–Crippen MR) is 101 cm³/mol. The number of aromatic nitrogens is 2. The van der Waals surface area contributed by atoms with Gasteiger partial charge in [-0.1, -0.05) is 11.6 Å². The van der Waals surface area contributed by atoms with Gasteiger partial charge < -0.3 is 15.4 Å². The van der Waals surface area contributed by atoms with Crippen LogP contribution in [-0.4, -0.2) is 40.4 Å². The Morgan fingerprint density at radius 3 is 2.77 bits per heavy atom. The van der Waals surface area contributed by atoms with Gasteiger partial charge in [0.2, 0.25) is 0 Å². The van der Waals surface area contributed by atoms with Gasteiger partial charge in [0.15, 0.2) is 5.60 Å². The first kappa shape index (κ1) is 18.7. The summed E-state index contributed by atoms with van der Waals surface area (Å²) in [6, 6.07) is 9.09. The van der Waals surface area contributed by atoms with Crippen LogP contribution in [0.3, 0.4) is 0 Å². The number of hydrogen-bond donors (Lipinski definition) is 2. The topological polar surface area (TPSA) is 68.2 Å². The van der Waals surface area contributed by atoms with Crippen molar-refractivity contribution in [1.82, 2.24) is 20.4 Å². The Morgan fingerprint density at radius 1 is 1.38 bits per heavy atom. The van der Waals surface area contributed by atoms with Crippen LogP contribution in [-0.2, 0) is 11.3 Å². The number of ether oxygens (including phenoxy) is 1. The number of carbonyl (C=O) groups is 1. The summed E-state index contributed by atoms with van der Waals surface area (Å²) in [4.78, 5) is 13.1. The van der Waals surface area contributed by atoms with E-state index in [1.165, 1.54) is 0 Å². The monoisotopic (exact) mass is 376 g/mol. The van der Waals surface area contributed by atoms with Gasteiger partial charge in [-0.25, -0.2) is 0 Å². The molecule has 1 fully saturated rings. The standard InChI is InChI=1S/C19H25ClN4O2/c1-15(7-14-24-13-2-10-22-24)23-18(25)19(8-11-21-12-9-19)26-17-5-3-16(20)4-6-17/h2-6,10,13,15,21H,7-9,11-12,14H2,1H3,(H,23,25)/t15-/m0/s1. The molecule has 0 spiro atoms. The van der Waals surface area contributed by atoms with Crippen molar-refractivity contribution in [2.75, 3.05) is 13.1 Å². The summed E-state index contributed by atoms with van der Waals surface area (Å²) in [7, 11) is 0. The third-order valence-corrected chi connectivity index (χ3v) is 4.93. The summed E-state index contributed by atoms with van der Waals surface area (Å²) in [5, 5.41) is 11.3. The number of hydrogen-bond acceptors (Lipinski definition) is 4. The van der Waals surface area contributed by atoms with E-state index in [2.05, 4.69) is 15.7 Å². The lowest BCUT2D eigenvalue weighted by molar-refractivity contribution is -0.140. The van der Waals surface area contributed by atoms with E-state index >= 15 is 0 Å². The molecular weight excluding hydrogens is 352 g/mol. The average molecular weight is 377 g/mol. The van der Waals surface area contributed by atoms with E-state index in [1.807, 2.05) is 23.9 Å². The lowest BCUT2D eigenvalue weighted by atomic mass is 9.90. The van der Waals surface area contributed by atoms with Crippen LogP contribution in [0.5, 0.6) is 5.75 Å². The Hall–Kier alpha value is -2.05. The van der Waals surface area contributed by atoms with Crippen molar-refractivity contribution >= 4 is 17.5 Å². The number of carbonyl (C=O) groups excluding carboxylic acids is 1. The Labute approximate surface area is 158 Å². The lowest BCUT2D eigenvalue weighted by Crippen LogP contribution is -2.58. The number of amides is 1. The number of nitrogens with one attached hydrogen (secondary N) is 2. The maximum absolute atomic E-state index is 13.1. The fraction of sp³-hybridized carbons (Fsp3) is 0.474. The number of aryl methyl sites for hydroxylation is 1. The van der Waals surface area contributed by atoms with Crippen molar-refractivity contribution < 1.29 is 9.53 Å². The second-order valence-corrected chi connectivity index (χ2v) is 7.17. The molecule has 2 aromatic rings. The lowest BCUT2D eigenvalue weighted by Gasteiger charge is -2.37. The smallest absolute Gasteiger partial charge is 0.264 e. The van der Waals surface area contributed by atoms with Gasteiger partial charge in [0.05, 0.1) is 0 Å².